The van der Waals surface area contributed by atoms with Crippen molar-refractivity contribution in [2.24, 2.45) is 0 Å². The van der Waals surface area contributed by atoms with Crippen LogP contribution >= 0.6 is 11.3 Å². The van der Waals surface area contributed by atoms with Crippen molar-refractivity contribution >= 4 is 39.4 Å². The number of carbonyl (C=O) groups excluding carboxylic acids is 3. The molecule has 2 unspecified atom stereocenters. The van der Waals surface area contributed by atoms with E-state index in [1.165, 1.54) is 6.07 Å². The molecule has 154 valence electrons. The zero-order valence-corrected chi connectivity index (χ0v) is 18.8. The molecule has 3 rings (SSSR count). The van der Waals surface area contributed by atoms with E-state index >= 15 is 0 Å². The van der Waals surface area contributed by atoms with Gasteiger partial charge in [0.05, 0.1) is 6.54 Å². The molecule has 1 saturated heterocycles. The zero-order valence-electron chi connectivity index (χ0n) is 15.2. The minimum Gasteiger partial charge on any atom is -0.731 e. The summed E-state index contributed by atoms with van der Waals surface area (Å²) in [6.07, 6.45) is 0.881. The third-order valence-corrected chi connectivity index (χ3v) is 5.71. The fraction of sp³-hybridized carbons (Fsp3) is 0.214. The van der Waals surface area contributed by atoms with E-state index in [1.807, 2.05) is 4.98 Å². The van der Waals surface area contributed by atoms with Crippen molar-refractivity contribution in [2.75, 3.05) is 6.54 Å². The Labute approximate surface area is 194 Å². The first kappa shape index (κ1) is 24.0. The summed E-state index contributed by atoms with van der Waals surface area (Å²) in [6, 6.07) is 0.546. The molecule has 4 N–H and O–H groups in total. The van der Waals surface area contributed by atoms with Crippen molar-refractivity contribution in [3.05, 3.63) is 55.0 Å². The Morgan fingerprint density at radius 1 is 1.30 bits per heavy atom. The van der Waals surface area contributed by atoms with Crippen LogP contribution in [0.15, 0.2) is 33.3 Å². The Hall–Kier alpha value is -2.30. The van der Waals surface area contributed by atoms with Gasteiger partial charge in [-0.15, -0.1) is 11.3 Å². The predicted molar refractivity (Wildman–Crippen MR) is 95.6 cm³/mol. The van der Waals surface area contributed by atoms with Crippen LogP contribution in [-0.2, 0) is 19.9 Å². The monoisotopic (exact) mass is 465 g/mol. The molecule has 3 amide bonds. The predicted octanol–water partition coefficient (Wildman–Crippen LogP) is -5.61. The van der Waals surface area contributed by atoms with E-state index < -0.39 is 63.5 Å². The van der Waals surface area contributed by atoms with Crippen molar-refractivity contribution in [2.45, 2.75) is 12.1 Å². The molecule has 13 nitrogen and oxygen atoms in total. The van der Waals surface area contributed by atoms with Gasteiger partial charge in [0.25, 0.3) is 17.4 Å². The van der Waals surface area contributed by atoms with Crippen LogP contribution in [-0.4, -0.2) is 57.6 Å². The minimum absolute atomic E-state index is 0. The van der Waals surface area contributed by atoms with Crippen LogP contribution < -0.4 is 51.4 Å². The van der Waals surface area contributed by atoms with Crippen molar-refractivity contribution in [1.29, 1.82) is 0 Å². The van der Waals surface area contributed by atoms with Gasteiger partial charge < -0.3 is 20.2 Å². The van der Waals surface area contributed by atoms with E-state index in [1.54, 1.807) is 11.4 Å². The van der Waals surface area contributed by atoms with Gasteiger partial charge in [-0.25, -0.2) is 17.5 Å². The molecule has 0 saturated carbocycles. The van der Waals surface area contributed by atoms with Crippen LogP contribution in [0.25, 0.3) is 0 Å². The number of thiophene rings is 1. The van der Waals surface area contributed by atoms with Gasteiger partial charge in [-0.1, -0.05) is 6.07 Å². The van der Waals surface area contributed by atoms with Crippen molar-refractivity contribution < 1.29 is 56.9 Å². The molecule has 1 aliphatic rings. The first-order valence-corrected chi connectivity index (χ1v) is 10.1. The standard InChI is InChI=1S/C14H13N5O8S2.Na/c20-10(6-4-15-14(24)18-11(6)21)17-9(8-2-1-3-28-8)12(22)16-7-5-19(13(7)23)29(25,26)27;/h1-4,7,9H,5H2,(H,16,22)(H,17,20)(H,25,26,27)(H2,15,18,21,24);/q;+1/p-1. The van der Waals surface area contributed by atoms with Crippen LogP contribution in [0.3, 0.4) is 0 Å². The van der Waals surface area contributed by atoms with Gasteiger partial charge >= 0.3 is 35.2 Å². The minimum atomic E-state index is -4.96. The second kappa shape index (κ2) is 9.23. The van der Waals surface area contributed by atoms with Crippen LogP contribution in [0.2, 0.25) is 0 Å². The molecule has 0 aromatic carbocycles. The number of β-lactam (4-membered cyclic amide) rings is 1. The molecular formula is C14H12N5NaO8S2. The number of amides is 3. The van der Waals surface area contributed by atoms with Gasteiger partial charge in [-0.2, -0.15) is 0 Å². The molecule has 1 fully saturated rings. The van der Waals surface area contributed by atoms with Crippen LogP contribution in [0.4, 0.5) is 0 Å². The molecule has 1 aliphatic heterocycles. The maximum atomic E-state index is 12.6. The van der Waals surface area contributed by atoms with E-state index in [2.05, 4.69) is 15.6 Å². The number of rotatable bonds is 6. The molecule has 0 radical (unpaired) electrons. The Kier molecular flexibility index (Phi) is 7.38. The number of aromatic amines is 2. The Morgan fingerprint density at radius 2 is 2.00 bits per heavy atom. The average molecular weight is 465 g/mol. The van der Waals surface area contributed by atoms with Gasteiger partial charge in [0, 0.05) is 11.1 Å². The molecular weight excluding hydrogens is 453 g/mol. The second-order valence-electron chi connectivity index (χ2n) is 5.80. The zero-order chi connectivity index (χ0) is 21.3. The van der Waals surface area contributed by atoms with Gasteiger partial charge in [0.1, 0.15) is 17.6 Å². The number of hydrogen-bond donors (Lipinski definition) is 4. The summed E-state index contributed by atoms with van der Waals surface area (Å²) in [7, 11) is -4.96. The SMILES string of the molecule is O=C(NC(C(=O)NC1CN(S(=O)(=O)[O-])C1=O)c1cccs1)c1c[nH]c(=O)[nH]c1=O.[Na+]. The Balaban J connectivity index is 0.00000320. The smallest absolute Gasteiger partial charge is 0.731 e. The van der Waals surface area contributed by atoms with E-state index in [4.69, 9.17) is 0 Å². The number of aromatic nitrogens is 2. The quantitative estimate of drug-likeness (QED) is 0.184. The Bertz CT molecular complexity index is 1190. The van der Waals surface area contributed by atoms with Gasteiger partial charge in [0.15, 0.2) is 10.3 Å². The van der Waals surface area contributed by atoms with E-state index in [-0.39, 0.29) is 33.9 Å². The van der Waals surface area contributed by atoms with Gasteiger partial charge in [0.2, 0.25) is 5.91 Å². The summed E-state index contributed by atoms with van der Waals surface area (Å²) in [5.74, 6) is -2.93. The second-order valence-corrected chi connectivity index (χ2v) is 8.07. The van der Waals surface area contributed by atoms with Crippen molar-refractivity contribution in [3.8, 4) is 0 Å². The van der Waals surface area contributed by atoms with E-state index in [0.29, 0.717) is 4.88 Å². The summed E-state index contributed by atoms with van der Waals surface area (Å²) in [6.45, 7) is -0.527. The molecule has 2 aromatic rings. The van der Waals surface area contributed by atoms with Gasteiger partial charge in [-0.05, 0) is 11.4 Å². The maximum absolute atomic E-state index is 12.6. The molecule has 2 atom stereocenters. The number of hydrogen-bond acceptors (Lipinski definition) is 9. The number of carbonyl (C=O) groups is 3. The maximum Gasteiger partial charge on any atom is 1.00 e. The third kappa shape index (κ3) is 5.05. The molecule has 16 heteroatoms. The van der Waals surface area contributed by atoms with Crippen LogP contribution in [0.1, 0.15) is 21.3 Å². The number of nitrogens with one attached hydrogen (secondary N) is 4. The fourth-order valence-electron chi connectivity index (χ4n) is 2.47. The molecule has 0 spiro atoms. The topological polar surface area (TPSA) is 201 Å². The summed E-state index contributed by atoms with van der Waals surface area (Å²) in [5, 5.41) is 6.19. The number of H-pyrrole nitrogens is 2. The summed E-state index contributed by atoms with van der Waals surface area (Å²) in [5.41, 5.74) is -2.25. The van der Waals surface area contributed by atoms with Crippen LogP contribution in [0, 0.1) is 0 Å². The molecule has 0 aliphatic carbocycles. The Morgan fingerprint density at radius 3 is 2.53 bits per heavy atom. The first-order valence-electron chi connectivity index (χ1n) is 7.82. The molecule has 30 heavy (non-hydrogen) atoms. The van der Waals surface area contributed by atoms with Gasteiger partial charge in [-0.3, -0.25) is 24.2 Å². The molecule has 2 aromatic heterocycles. The molecule has 3 heterocycles. The van der Waals surface area contributed by atoms with E-state index in [0.717, 1.165) is 17.5 Å². The average Bonchev–Trinajstić information content (AvgIpc) is 3.15. The number of nitrogens with zero attached hydrogens (tertiary/aromatic N) is 1. The van der Waals surface area contributed by atoms with Crippen LogP contribution in [0.5, 0.6) is 0 Å². The van der Waals surface area contributed by atoms with Crippen molar-refractivity contribution in [3.63, 3.8) is 0 Å². The summed E-state index contributed by atoms with van der Waals surface area (Å²) >= 11 is 1.10. The first-order chi connectivity index (χ1) is 13.6. The largest absolute Gasteiger partial charge is 1.00 e. The normalized spacial score (nSPS) is 16.8. The third-order valence-electron chi connectivity index (χ3n) is 3.91. The van der Waals surface area contributed by atoms with Crippen molar-refractivity contribution in [1.82, 2.24) is 24.9 Å². The summed E-state index contributed by atoms with van der Waals surface area (Å²) < 4.78 is 32.6. The van der Waals surface area contributed by atoms with E-state index in [9.17, 15) is 36.9 Å². The molecule has 0 bridgehead atoms. The summed E-state index contributed by atoms with van der Waals surface area (Å²) in [4.78, 5) is 63.9. The fourth-order valence-corrected chi connectivity index (χ4v) is 3.92.